The Morgan fingerprint density at radius 1 is 0.561 bits per heavy atom. The summed E-state index contributed by atoms with van der Waals surface area (Å²) in [5.41, 5.74) is 9.35. The molecule has 20 nitrogen and oxygen atoms in total. The molecule has 0 bridgehead atoms. The quantitative estimate of drug-likeness (QED) is 0.0693. The molecule has 4 aromatic rings. The van der Waals surface area contributed by atoms with Crippen molar-refractivity contribution in [2.75, 3.05) is 66.2 Å². The van der Waals surface area contributed by atoms with Gasteiger partial charge in [0.2, 0.25) is 17.3 Å². The van der Waals surface area contributed by atoms with Gasteiger partial charge in [0.05, 0.1) is 23.2 Å². The number of ketones is 4. The third-order valence-corrected chi connectivity index (χ3v) is 16.6. The van der Waals surface area contributed by atoms with Gasteiger partial charge >= 0.3 is 0 Å². The number of carbonyl (C=O) groups is 6. The molecule has 10 N–H and O–H groups in total. The van der Waals surface area contributed by atoms with Gasteiger partial charge in [-0.2, -0.15) is 0 Å². The van der Waals surface area contributed by atoms with Crippen LogP contribution in [0.2, 0.25) is 0 Å². The molecule has 82 heavy (non-hydrogen) atoms. The number of rotatable bonds is 12. The molecule has 0 unspecified atom stereocenters. The van der Waals surface area contributed by atoms with Crippen molar-refractivity contribution in [2.24, 2.45) is 35.1 Å². The zero-order valence-electron chi connectivity index (χ0n) is 45.7. The summed E-state index contributed by atoms with van der Waals surface area (Å²) in [6.45, 7) is 0.270. The fourth-order valence-corrected chi connectivity index (χ4v) is 13.0. The Hall–Kier alpha value is -8.30. The number of aliphatic hydroxyl groups excluding tert-OH is 3. The van der Waals surface area contributed by atoms with Gasteiger partial charge in [0.1, 0.15) is 58.9 Å². The van der Waals surface area contributed by atoms with Crippen LogP contribution in [0.1, 0.15) is 61.1 Å². The lowest BCUT2D eigenvalue weighted by molar-refractivity contribution is -0.163. The lowest BCUT2D eigenvalue weighted by atomic mass is 9.57. The average molecular weight is 1130 g/mol. The molecule has 10 rings (SSSR count). The molecular weight excluding hydrogens is 1050 g/mol. The van der Waals surface area contributed by atoms with Crippen molar-refractivity contribution in [3.8, 4) is 11.5 Å². The van der Waals surface area contributed by atoms with E-state index < -0.39 is 105 Å². The molecule has 2 fully saturated rings. The second-order valence-corrected chi connectivity index (χ2v) is 22.1. The van der Waals surface area contributed by atoms with Gasteiger partial charge in [-0.05, 0) is 112 Å². The van der Waals surface area contributed by atoms with Crippen molar-refractivity contribution in [3.63, 3.8) is 0 Å². The molecule has 4 aromatic carbocycles. The van der Waals surface area contributed by atoms with Crippen LogP contribution in [-0.4, -0.2) is 155 Å². The maximum Gasteiger partial charge on any atom is 0.255 e. The monoisotopic (exact) mass is 1130 g/mol. The number of hydrogen-bond acceptors (Lipinski definition) is 18. The van der Waals surface area contributed by atoms with Crippen LogP contribution in [0.5, 0.6) is 11.5 Å². The number of amides is 2. The molecule has 0 heterocycles. The van der Waals surface area contributed by atoms with Gasteiger partial charge in [-0.3, -0.25) is 38.6 Å². The first-order valence-corrected chi connectivity index (χ1v) is 26.1. The second kappa shape index (κ2) is 22.9. The number of hydrogen-bond donors (Lipinski definition) is 8. The van der Waals surface area contributed by atoms with Gasteiger partial charge in [-0.25, -0.2) is 0 Å². The Bertz CT molecular complexity index is 3400. The fraction of sp³-hybridized carbons (Fsp3) is 0.387. The number of carbonyl (C=O) groups excluding carboxylic acids is 6. The lowest BCUT2D eigenvalue weighted by Crippen LogP contribution is -2.67. The number of likely N-dealkylation sites (N-methyl/N-ethyl adjacent to an activating group) is 2. The van der Waals surface area contributed by atoms with Crippen LogP contribution in [0.15, 0.2) is 119 Å². The first kappa shape index (κ1) is 61.3. The first-order valence-electron chi connectivity index (χ1n) is 26.1. The second-order valence-electron chi connectivity index (χ2n) is 22.1. The SMILES string of the molecule is C.C.CN(C)c1ccc(O)c2c1C[C@H]1C[C@H]3[C@H](N(C)C)C(=O)C(C(N)=O)=C(O)[C@@]3(O)C(=O)C1=C2O.CN(C)c1ccc(OCc2ccccc2)c2c1C[C@H]1C[C@H]3[C@H](N(C)C)C(OCc4ccccc4)=C(C(N)=O)C(=O)[C@@]3(O)C(=O)C1=C2O. The predicted molar refractivity (Wildman–Crippen MR) is 308 cm³/mol. The van der Waals surface area contributed by atoms with Crippen LogP contribution in [0.25, 0.3) is 11.5 Å². The number of aliphatic hydroxyl groups is 5. The third-order valence-electron chi connectivity index (χ3n) is 16.6. The molecule has 20 heteroatoms. The number of fused-ring (bicyclic) bond motifs is 6. The lowest BCUT2D eigenvalue weighted by Gasteiger charge is -2.50. The van der Waals surface area contributed by atoms with E-state index in [1.165, 1.54) is 11.0 Å². The average Bonchev–Trinajstić information content (AvgIpc) is 1.60. The van der Waals surface area contributed by atoms with Gasteiger partial charge in [0.25, 0.3) is 11.8 Å². The minimum atomic E-state index is -2.65. The molecule has 0 radical (unpaired) electrons. The van der Waals surface area contributed by atoms with E-state index in [-0.39, 0.29) is 81.3 Å². The van der Waals surface area contributed by atoms with Crippen LogP contribution < -0.4 is 26.0 Å². The van der Waals surface area contributed by atoms with Crippen LogP contribution in [0.4, 0.5) is 11.4 Å². The summed E-state index contributed by atoms with van der Waals surface area (Å²) in [6.07, 6.45) is 0.830. The number of nitrogens with two attached hydrogens (primary N) is 2. The van der Waals surface area contributed by atoms with Crippen molar-refractivity contribution in [2.45, 2.75) is 77.0 Å². The molecule has 0 aromatic heterocycles. The van der Waals surface area contributed by atoms with Crippen molar-refractivity contribution in [3.05, 3.63) is 152 Å². The summed E-state index contributed by atoms with van der Waals surface area (Å²) in [4.78, 5) is 87.2. The molecule has 2 amide bonds. The number of primary amides is 2. The maximum absolute atomic E-state index is 14.5. The Morgan fingerprint density at radius 2 is 1.00 bits per heavy atom. The summed E-state index contributed by atoms with van der Waals surface area (Å²) in [7, 11) is 14.0. The summed E-state index contributed by atoms with van der Waals surface area (Å²) < 4.78 is 12.4. The van der Waals surface area contributed by atoms with Gasteiger partial charge in [-0.15, -0.1) is 0 Å². The number of phenolic OH excluding ortho intramolecular Hbond substituents is 1. The number of anilines is 2. The standard InChI is InChI=1S/C37H39N3O7.C23H27N3O7.2CH4/c1-39(2)26-15-16-27(46-19-21-11-7-5-8-12-21)29-24(26)17-23-18-25-31(40(3)4)33(47-20-22-13-9-6-10-14-22)30(36(38)44)35(43)37(25,45)34(42)28(23)32(29)41;1-25(2)12-5-6-13(27)15-10(12)7-9-8-11-17(26(3)4)19(29)16(22(24)32)21(31)23(11,33)20(30)14(9)18(15)28;;/h5-16,23,25,31,41,45H,17-20H2,1-4H3,(H2,38,44);5-6,9,11,17,27-28,31,33H,7-8H2,1-4H3,(H2,24,32);2*1H4/t23-,25-,31-,37-;9-,11-,17-,23-;;/m00../s1. The number of benzene rings is 4. The van der Waals surface area contributed by atoms with Crippen LogP contribution in [0, 0.1) is 23.7 Å². The van der Waals surface area contributed by atoms with Gasteiger partial charge < -0.3 is 61.4 Å². The normalized spacial score (nSPS) is 25.3. The van der Waals surface area contributed by atoms with Crippen molar-refractivity contribution >= 4 is 57.8 Å². The largest absolute Gasteiger partial charge is 0.508 e. The minimum Gasteiger partial charge on any atom is -0.508 e. The molecule has 436 valence electrons. The first-order chi connectivity index (χ1) is 37.8. The smallest absolute Gasteiger partial charge is 0.255 e. The van der Waals surface area contributed by atoms with Crippen LogP contribution in [0.3, 0.4) is 0 Å². The number of nitrogens with zero attached hydrogens (tertiary/aromatic N) is 4. The highest BCUT2D eigenvalue weighted by Gasteiger charge is 2.66. The van der Waals surface area contributed by atoms with Crippen molar-refractivity contribution in [1.29, 1.82) is 0 Å². The van der Waals surface area contributed by atoms with E-state index in [4.69, 9.17) is 20.9 Å². The number of ether oxygens (including phenoxy) is 2. The molecule has 6 aliphatic carbocycles. The van der Waals surface area contributed by atoms with E-state index >= 15 is 0 Å². The molecular formula is C62H74N6O14. The fourth-order valence-electron chi connectivity index (χ4n) is 13.0. The molecule has 2 saturated carbocycles. The van der Waals surface area contributed by atoms with E-state index in [0.717, 1.165) is 28.1 Å². The molecule has 6 aliphatic rings. The number of phenols is 1. The molecule has 0 aliphatic heterocycles. The van der Waals surface area contributed by atoms with Gasteiger partial charge in [-0.1, -0.05) is 75.5 Å². The Kier molecular flexibility index (Phi) is 17.1. The minimum absolute atomic E-state index is 0. The Morgan fingerprint density at radius 3 is 1.48 bits per heavy atom. The van der Waals surface area contributed by atoms with Gasteiger partial charge in [0.15, 0.2) is 17.0 Å². The molecule has 0 saturated heterocycles. The van der Waals surface area contributed by atoms with E-state index in [2.05, 4.69) is 0 Å². The van der Waals surface area contributed by atoms with Crippen LogP contribution >= 0.6 is 0 Å². The summed E-state index contributed by atoms with van der Waals surface area (Å²) in [5.74, 6) is -11.2. The molecule has 8 atom stereocenters. The summed E-state index contributed by atoms with van der Waals surface area (Å²) in [6, 6.07) is 23.6. The van der Waals surface area contributed by atoms with Crippen molar-refractivity contribution < 1.29 is 68.9 Å². The zero-order valence-corrected chi connectivity index (χ0v) is 45.7. The Labute approximate surface area is 476 Å². The maximum atomic E-state index is 14.5. The van der Waals surface area contributed by atoms with E-state index in [9.17, 15) is 59.4 Å². The highest BCUT2D eigenvalue weighted by atomic mass is 16.5. The number of Topliss-reactive ketones (excluding diaryl/α,β-unsaturated/α-hetero) is 4. The van der Waals surface area contributed by atoms with Gasteiger partial charge in [0, 0.05) is 62.5 Å². The van der Waals surface area contributed by atoms with Crippen molar-refractivity contribution in [1.82, 2.24) is 9.80 Å². The van der Waals surface area contributed by atoms with E-state index in [1.807, 2.05) is 105 Å². The topological polar surface area (TPSA) is 307 Å². The van der Waals surface area contributed by atoms with E-state index in [1.54, 1.807) is 45.2 Å². The highest BCUT2D eigenvalue weighted by molar-refractivity contribution is 6.33. The summed E-state index contributed by atoms with van der Waals surface area (Å²) in [5, 5.41) is 68.0. The molecule has 0 spiro atoms. The zero-order chi connectivity index (χ0) is 58.2. The van der Waals surface area contributed by atoms with Crippen LogP contribution in [-0.2, 0) is 59.6 Å². The Balaban J connectivity index is 0.000000244. The van der Waals surface area contributed by atoms with E-state index in [0.29, 0.717) is 23.3 Å². The predicted octanol–water partition coefficient (Wildman–Crippen LogP) is 4.86. The highest BCUT2D eigenvalue weighted by Crippen LogP contribution is 2.56. The number of aromatic hydroxyl groups is 1. The summed E-state index contributed by atoms with van der Waals surface area (Å²) >= 11 is 0. The third kappa shape index (κ3) is 9.75.